The van der Waals surface area contributed by atoms with Gasteiger partial charge < -0.3 is 8.98 Å². The van der Waals surface area contributed by atoms with Crippen molar-refractivity contribution >= 4 is 23.0 Å². The maximum absolute atomic E-state index is 12.8. The van der Waals surface area contributed by atoms with Crippen molar-refractivity contribution in [3.05, 3.63) is 81.6 Å². The quantitative estimate of drug-likeness (QED) is 0.563. The van der Waals surface area contributed by atoms with Gasteiger partial charge in [-0.25, -0.2) is 4.98 Å². The van der Waals surface area contributed by atoms with Crippen LogP contribution in [0, 0.1) is 6.92 Å². The highest BCUT2D eigenvalue weighted by atomic mass is 16.4. The third-order valence-electron chi connectivity index (χ3n) is 4.53. The number of aromatic nitrogens is 4. The lowest BCUT2D eigenvalue weighted by atomic mass is 10.1. The number of rotatable bonds is 5. The van der Waals surface area contributed by atoms with Crippen molar-refractivity contribution < 1.29 is 9.21 Å². The number of anilines is 1. The largest absolute Gasteiger partial charge is 0.407 e. The zero-order chi connectivity index (χ0) is 20.4. The van der Waals surface area contributed by atoms with Crippen LogP contribution in [0.2, 0.25) is 0 Å². The number of carbonyl (C=O) groups excluding carboxylic acids is 1. The summed E-state index contributed by atoms with van der Waals surface area (Å²) in [5.41, 5.74) is 1.97. The van der Waals surface area contributed by atoms with E-state index < -0.39 is 11.3 Å². The molecule has 1 aromatic carbocycles. The Labute approximate surface area is 166 Å². The van der Waals surface area contributed by atoms with Crippen molar-refractivity contribution in [2.75, 3.05) is 5.32 Å². The monoisotopic (exact) mass is 389 g/mol. The molecule has 8 nitrogen and oxygen atoms in total. The van der Waals surface area contributed by atoms with E-state index in [-0.39, 0.29) is 11.6 Å². The molecular formula is C21H19N5O3. The normalized spacial score (nSPS) is 11.0. The molecule has 0 saturated carbocycles. The summed E-state index contributed by atoms with van der Waals surface area (Å²) in [4.78, 5) is 29.9. The summed E-state index contributed by atoms with van der Waals surface area (Å²) in [6, 6.07) is 13.0. The minimum atomic E-state index is -0.602. The number of hydrogen-bond donors (Lipinski definition) is 1. The predicted molar refractivity (Wildman–Crippen MR) is 108 cm³/mol. The van der Waals surface area contributed by atoms with E-state index in [4.69, 9.17) is 4.42 Å². The number of nitrogens with zero attached hydrogens (tertiary/aromatic N) is 4. The number of pyridine rings is 2. The highest BCUT2D eigenvalue weighted by Crippen LogP contribution is 2.14. The molecule has 0 radical (unpaired) electrons. The summed E-state index contributed by atoms with van der Waals surface area (Å²) in [5.74, 6) is -0.231. The molecule has 0 fully saturated rings. The van der Waals surface area contributed by atoms with Crippen LogP contribution in [0.1, 0.15) is 34.4 Å². The molecule has 0 aliphatic rings. The summed E-state index contributed by atoms with van der Waals surface area (Å²) < 4.78 is 7.28. The van der Waals surface area contributed by atoms with Gasteiger partial charge in [0.15, 0.2) is 0 Å². The molecule has 0 spiro atoms. The number of nitrogens with one attached hydrogen (secondary N) is 1. The Morgan fingerprint density at radius 1 is 1.14 bits per heavy atom. The van der Waals surface area contributed by atoms with Gasteiger partial charge in [0.25, 0.3) is 5.91 Å². The summed E-state index contributed by atoms with van der Waals surface area (Å²) in [6.45, 7) is 4.34. The molecule has 1 N–H and O–H groups in total. The molecule has 4 rings (SSSR count). The summed E-state index contributed by atoms with van der Waals surface area (Å²) in [7, 11) is 0. The van der Waals surface area contributed by atoms with Crippen LogP contribution >= 0.6 is 0 Å². The number of fused-ring (bicyclic) bond motifs is 1. The lowest BCUT2D eigenvalue weighted by molar-refractivity contribution is 0.102. The van der Waals surface area contributed by atoms with Crippen molar-refractivity contribution in [1.82, 2.24) is 19.7 Å². The molecule has 29 heavy (non-hydrogen) atoms. The van der Waals surface area contributed by atoms with Crippen LogP contribution in [-0.2, 0) is 13.0 Å². The van der Waals surface area contributed by atoms with Gasteiger partial charge in [-0.1, -0.05) is 35.4 Å². The molecule has 0 unspecified atom stereocenters. The van der Waals surface area contributed by atoms with Crippen molar-refractivity contribution in [3.63, 3.8) is 0 Å². The minimum Gasteiger partial charge on any atom is -0.407 e. The van der Waals surface area contributed by atoms with Gasteiger partial charge in [-0.15, -0.1) is 5.10 Å². The van der Waals surface area contributed by atoms with Crippen molar-refractivity contribution in [2.45, 2.75) is 26.8 Å². The van der Waals surface area contributed by atoms with Gasteiger partial charge in [-0.05, 0) is 31.5 Å². The fourth-order valence-electron chi connectivity index (χ4n) is 3.07. The third kappa shape index (κ3) is 3.77. The molecule has 3 heterocycles. The van der Waals surface area contributed by atoms with E-state index in [1.54, 1.807) is 16.7 Å². The Morgan fingerprint density at radius 3 is 2.69 bits per heavy atom. The Hall–Kier alpha value is -3.81. The molecule has 4 aromatic rings. The van der Waals surface area contributed by atoms with E-state index >= 15 is 0 Å². The first-order valence-corrected chi connectivity index (χ1v) is 9.23. The van der Waals surface area contributed by atoms with Crippen molar-refractivity contribution in [2.24, 2.45) is 0 Å². The lowest BCUT2D eigenvalue weighted by Crippen LogP contribution is -2.24. The van der Waals surface area contributed by atoms with E-state index in [1.807, 2.05) is 44.2 Å². The smallest absolute Gasteiger partial charge is 0.322 e. The molecule has 1 amide bonds. The van der Waals surface area contributed by atoms with Gasteiger partial charge in [-0.3, -0.25) is 14.9 Å². The first kappa shape index (κ1) is 18.5. The standard InChI is InChI=1S/C21H19N5O3/c1-3-26-12-16(18(27)15-10-9-13(2)22-19(15)26)20(28)23-21-25-24-17(29-21)11-14-7-5-4-6-8-14/h4-10,12H,3,11H2,1-2H3,(H,23,25,28). The van der Waals surface area contributed by atoms with Crippen molar-refractivity contribution in [1.29, 1.82) is 0 Å². The highest BCUT2D eigenvalue weighted by molar-refractivity contribution is 6.04. The lowest BCUT2D eigenvalue weighted by Gasteiger charge is -2.10. The van der Waals surface area contributed by atoms with E-state index in [2.05, 4.69) is 20.5 Å². The molecule has 0 atom stereocenters. The number of aryl methyl sites for hydroxylation is 2. The number of amides is 1. The van der Waals surface area contributed by atoms with E-state index in [0.29, 0.717) is 29.9 Å². The predicted octanol–water partition coefficient (Wildman–Crippen LogP) is 2.95. The van der Waals surface area contributed by atoms with E-state index in [1.165, 1.54) is 6.20 Å². The van der Waals surface area contributed by atoms with Crippen LogP contribution in [0.25, 0.3) is 11.0 Å². The highest BCUT2D eigenvalue weighted by Gasteiger charge is 2.18. The molecular weight excluding hydrogens is 370 g/mol. The topological polar surface area (TPSA) is 103 Å². The molecule has 146 valence electrons. The number of carbonyl (C=O) groups is 1. The molecule has 3 aromatic heterocycles. The first-order chi connectivity index (χ1) is 14.0. The SMILES string of the molecule is CCn1cc(C(=O)Nc2nnc(Cc3ccccc3)o2)c(=O)c2ccc(C)nc21. The second kappa shape index (κ2) is 7.67. The summed E-state index contributed by atoms with van der Waals surface area (Å²) >= 11 is 0. The van der Waals surface area contributed by atoms with Gasteiger partial charge in [0.05, 0.1) is 11.8 Å². The van der Waals surface area contributed by atoms with Crippen LogP contribution in [0.4, 0.5) is 6.01 Å². The second-order valence-electron chi connectivity index (χ2n) is 6.60. The molecule has 0 aliphatic heterocycles. The second-order valence-corrected chi connectivity index (χ2v) is 6.60. The van der Waals surface area contributed by atoms with Crippen LogP contribution in [0.15, 0.2) is 57.9 Å². The average molecular weight is 389 g/mol. The summed E-state index contributed by atoms with van der Waals surface area (Å²) in [6.07, 6.45) is 1.96. The van der Waals surface area contributed by atoms with Gasteiger partial charge in [0, 0.05) is 18.4 Å². The first-order valence-electron chi connectivity index (χ1n) is 9.23. The zero-order valence-corrected chi connectivity index (χ0v) is 16.0. The molecule has 0 saturated heterocycles. The molecule has 0 aliphatic carbocycles. The van der Waals surface area contributed by atoms with Crippen molar-refractivity contribution in [3.8, 4) is 0 Å². The zero-order valence-electron chi connectivity index (χ0n) is 16.0. The van der Waals surface area contributed by atoms with Crippen LogP contribution in [-0.4, -0.2) is 25.7 Å². The molecule has 0 bridgehead atoms. The van der Waals surface area contributed by atoms with E-state index in [9.17, 15) is 9.59 Å². The van der Waals surface area contributed by atoms with Gasteiger partial charge in [0.2, 0.25) is 11.3 Å². The van der Waals surface area contributed by atoms with Gasteiger partial charge in [-0.2, -0.15) is 0 Å². The van der Waals surface area contributed by atoms with E-state index in [0.717, 1.165) is 11.3 Å². The maximum Gasteiger partial charge on any atom is 0.322 e. The van der Waals surface area contributed by atoms with Crippen LogP contribution < -0.4 is 10.7 Å². The minimum absolute atomic E-state index is 0.00666. The molecule has 8 heteroatoms. The number of hydrogen-bond acceptors (Lipinski definition) is 6. The maximum atomic E-state index is 12.8. The Balaban J connectivity index is 1.61. The summed E-state index contributed by atoms with van der Waals surface area (Å²) in [5, 5.41) is 10.7. The fourth-order valence-corrected chi connectivity index (χ4v) is 3.07. The fraction of sp³-hybridized carbons (Fsp3) is 0.190. The van der Waals surface area contributed by atoms with Crippen LogP contribution in [0.5, 0.6) is 0 Å². The van der Waals surface area contributed by atoms with Gasteiger partial charge >= 0.3 is 6.01 Å². The van der Waals surface area contributed by atoms with Gasteiger partial charge in [0.1, 0.15) is 11.2 Å². The Bertz CT molecular complexity index is 1240. The third-order valence-corrected chi connectivity index (χ3v) is 4.53. The number of benzene rings is 1. The Kier molecular flexibility index (Phi) is 4.90. The van der Waals surface area contributed by atoms with Crippen LogP contribution in [0.3, 0.4) is 0 Å². The average Bonchev–Trinajstić information content (AvgIpc) is 3.15. The Morgan fingerprint density at radius 2 is 1.93 bits per heavy atom.